The number of pyridine rings is 2. The van der Waals surface area contributed by atoms with Crippen LogP contribution in [0.2, 0.25) is 0 Å². The first-order valence-electron chi connectivity index (χ1n) is 40.9. The Bertz CT molecular complexity index is 4570. The Kier molecular flexibility index (Phi) is 27.4. The molecule has 10 atom stereocenters. The minimum atomic E-state index is -1.00. The molecule has 0 spiro atoms. The van der Waals surface area contributed by atoms with Crippen LogP contribution in [0.1, 0.15) is 161 Å². The minimum Gasteiger partial charge on any atom is -0.464 e. The predicted octanol–water partition coefficient (Wildman–Crippen LogP) is 10.2. The van der Waals surface area contributed by atoms with Gasteiger partial charge in [0.05, 0.1) is 68.7 Å². The number of benzene rings is 2. The Balaban J connectivity index is 0.000000229. The number of halogens is 1. The Morgan fingerprint density at radius 2 is 1.19 bits per heavy atom. The van der Waals surface area contributed by atoms with E-state index in [0.717, 1.165) is 106 Å². The molecule has 6 aromatic rings. The standard InChI is InChI=1S/C50H68N8O7.C36H48N6O4.CH3F/c1-10-42(59)56-24-20-35(28-56)47(61)54(8)44(31(3)4)46(60)52-40-29-55-22-13-15-34(27-55)33-18-19-41-37(25-33)38(45(57(41)11-2)36-16-12-21-51-43(36)32(5)64-9)26-50(6,7)30-65-49(63)39-17-14-23-58(53-39)48(40)62;1-6-41-31-14-13-24-18-27(31)28(33(41)26-11-7-15-38-32(26)23(2)45-5)19-36(3,4)22-46-35(44)30-12-9-17-42(39-30)34(43)29(37)21-40-16-8-10-25(24)20-40;1-2/h10,12,15-16,18-19,21,25,31-32,35,39-40,44,53H,1,11,13-14,17,20,22-24,26-30H2,2-9H3,(H,52,60);7,10-11,13-15,18,23,29-30,39H,6,8-9,12,16-17,19-22,37H2,1-5H3;1H3/t32-,35-,39-,40-,44-;23-,29?,30-;/m00./s1/i;;1D. The van der Waals surface area contributed by atoms with E-state index in [9.17, 15) is 38.0 Å². The number of hydrogen-bond acceptors (Lipinski definition) is 18. The van der Waals surface area contributed by atoms with Crippen LogP contribution in [-0.2, 0) is 78.4 Å². The highest BCUT2D eigenvalue weighted by Gasteiger charge is 2.43. The van der Waals surface area contributed by atoms with Crippen molar-refractivity contribution >= 4 is 74.4 Å². The maximum absolute atomic E-state index is 14.7. The van der Waals surface area contributed by atoms with Crippen molar-refractivity contribution in [3.05, 3.63) is 132 Å². The predicted molar refractivity (Wildman–Crippen MR) is 436 cm³/mol. The second kappa shape index (κ2) is 37.1. The lowest BCUT2D eigenvalue weighted by molar-refractivity contribution is -0.156. The van der Waals surface area contributed by atoms with E-state index < -0.39 is 60.6 Å². The molecule has 3 saturated heterocycles. The van der Waals surface area contributed by atoms with Crippen LogP contribution in [0.5, 0.6) is 0 Å². The molecule has 7 aliphatic heterocycles. The molecule has 113 heavy (non-hydrogen) atoms. The topological polar surface area (TPSA) is 274 Å². The molecule has 7 aliphatic rings. The van der Waals surface area contributed by atoms with Crippen molar-refractivity contribution in [1.29, 1.82) is 0 Å². The molecular weight excluding hydrogens is 1440 g/mol. The lowest BCUT2D eigenvalue weighted by atomic mass is 9.84. The first-order valence-corrected chi connectivity index (χ1v) is 40.2. The molecule has 0 aliphatic carbocycles. The number of carbonyl (C=O) groups is 7. The van der Waals surface area contributed by atoms with Crippen LogP contribution in [0.4, 0.5) is 4.39 Å². The first-order chi connectivity index (χ1) is 54.6. The maximum Gasteiger partial charge on any atom is 0.324 e. The van der Waals surface area contributed by atoms with E-state index in [1.54, 1.807) is 32.4 Å². The summed E-state index contributed by atoms with van der Waals surface area (Å²) in [6.07, 6.45) is 14.8. The van der Waals surface area contributed by atoms with Gasteiger partial charge in [-0.25, -0.2) is 10.9 Å². The van der Waals surface area contributed by atoms with Crippen LogP contribution in [0, 0.1) is 22.7 Å². The molecule has 3 fully saturated rings. The molecule has 610 valence electrons. The molecule has 2 aromatic carbocycles. The van der Waals surface area contributed by atoms with Gasteiger partial charge in [-0.2, -0.15) is 0 Å². The number of cyclic esters (lactones) is 2. The van der Waals surface area contributed by atoms with Gasteiger partial charge in [-0.1, -0.05) is 72.4 Å². The van der Waals surface area contributed by atoms with Crippen LogP contribution >= 0.6 is 0 Å². The summed E-state index contributed by atoms with van der Waals surface area (Å²) in [6, 6.07) is 17.7. The summed E-state index contributed by atoms with van der Waals surface area (Å²) in [5, 5.41) is 8.38. The largest absolute Gasteiger partial charge is 0.464 e. The monoisotopic (exact) mass is 1560 g/mol. The maximum atomic E-state index is 14.7. The molecule has 26 heteroatoms. The normalized spacial score (nSPS) is 23.8. The van der Waals surface area contributed by atoms with Crippen molar-refractivity contribution in [3.63, 3.8) is 0 Å². The van der Waals surface area contributed by atoms with E-state index >= 15 is 0 Å². The zero-order valence-electron chi connectivity index (χ0n) is 69.5. The number of aryl methyl sites for hydroxylation is 2. The fourth-order valence-electron chi connectivity index (χ4n) is 17.4. The van der Waals surface area contributed by atoms with Gasteiger partial charge in [0.25, 0.3) is 11.8 Å². The smallest absolute Gasteiger partial charge is 0.324 e. The van der Waals surface area contributed by atoms with E-state index in [0.29, 0.717) is 84.2 Å². The zero-order chi connectivity index (χ0) is 82.0. The SMILES string of the molecule is C=CC(=O)N1CC[C@H](C(=O)N(C)[C@H](C(=O)N[C@H]2CN3CCC=C(C3)c3ccc4c(c3)c(c(-c3cccnc3[C@H](C)OC)n4CC)CC(C)(C)COC(=O)[C@@H]3CCCN(N3)C2=O)C(C)C)C1.CCn1c(-c2cccnc2[C@H](C)OC)c2c3cc(ccc31)C1=CCCN(C1)CC(N)C(=O)N1CCC[C@H](N1)C(=O)OCC(C)(C)C2.[2H]CF. The number of likely N-dealkylation sites (N-methyl/N-ethyl adjacent to an activating group) is 1. The summed E-state index contributed by atoms with van der Waals surface area (Å²) >= 11 is 0. The molecule has 0 radical (unpaired) electrons. The summed E-state index contributed by atoms with van der Waals surface area (Å²) in [7, 11) is 4.03. The second-order valence-corrected chi connectivity index (χ2v) is 33.0. The molecule has 11 heterocycles. The van der Waals surface area contributed by atoms with E-state index in [2.05, 4.69) is 144 Å². The van der Waals surface area contributed by atoms with Gasteiger partial charge in [0.1, 0.15) is 24.2 Å². The summed E-state index contributed by atoms with van der Waals surface area (Å²) in [5.74, 6) is -2.97. The average Bonchev–Trinajstić information content (AvgIpc) is 1.59. The summed E-state index contributed by atoms with van der Waals surface area (Å²) < 4.78 is 44.0. The Labute approximate surface area is 666 Å². The van der Waals surface area contributed by atoms with Crippen LogP contribution in [-0.4, -0.2) is 227 Å². The fraction of sp³-hybridized carbons (Fsp3) is 0.552. The van der Waals surface area contributed by atoms with Gasteiger partial charge in [-0.15, -0.1) is 0 Å². The minimum absolute atomic E-state index is 0.148. The zero-order valence-corrected chi connectivity index (χ0v) is 68.5. The highest BCUT2D eigenvalue weighted by Crippen LogP contribution is 2.45. The van der Waals surface area contributed by atoms with Gasteiger partial charge < -0.3 is 48.9 Å². The summed E-state index contributed by atoms with van der Waals surface area (Å²) in [4.78, 5) is 113. The van der Waals surface area contributed by atoms with Crippen molar-refractivity contribution < 1.29 is 58.3 Å². The number of methoxy groups -OCH3 is 2. The molecule has 12 bridgehead atoms. The second-order valence-electron chi connectivity index (χ2n) is 33.0. The number of amides is 5. The Hall–Kier alpha value is -9.02. The third-order valence-corrected chi connectivity index (χ3v) is 23.3. The molecule has 5 amide bonds. The van der Waals surface area contributed by atoms with Crippen molar-refractivity contribution in [2.24, 2.45) is 28.4 Å². The van der Waals surface area contributed by atoms with E-state index in [1.807, 2.05) is 46.0 Å². The Morgan fingerprint density at radius 1 is 0.708 bits per heavy atom. The Morgan fingerprint density at radius 3 is 1.65 bits per heavy atom. The molecule has 13 rings (SSSR count). The van der Waals surface area contributed by atoms with E-state index in [4.69, 9.17) is 36.0 Å². The highest BCUT2D eigenvalue weighted by molar-refractivity contribution is 5.98. The highest BCUT2D eigenvalue weighted by atomic mass is 19.1. The number of alkyl halides is 1. The number of esters is 2. The third-order valence-electron chi connectivity index (χ3n) is 23.3. The number of ether oxygens (including phenoxy) is 4. The molecule has 3 unspecified atom stereocenters. The summed E-state index contributed by atoms with van der Waals surface area (Å²) in [5.41, 5.74) is 27.1. The number of likely N-dealkylation sites (tertiary alicyclic amines) is 1. The number of hydrazine groups is 2. The fourth-order valence-corrected chi connectivity index (χ4v) is 17.4. The van der Waals surface area contributed by atoms with Gasteiger partial charge in [0.2, 0.25) is 17.7 Å². The van der Waals surface area contributed by atoms with Crippen LogP contribution in [0.25, 0.3) is 55.5 Å². The average molecular weight is 1560 g/mol. The molecule has 0 saturated carbocycles. The van der Waals surface area contributed by atoms with Crippen LogP contribution in [0.3, 0.4) is 0 Å². The number of hydrogen-bond donors (Lipinski definition) is 4. The third kappa shape index (κ3) is 18.9. The van der Waals surface area contributed by atoms with Gasteiger partial charge in [-0.3, -0.25) is 67.7 Å². The lowest BCUT2D eigenvalue weighted by Crippen LogP contribution is -2.63. The quantitative estimate of drug-likeness (QED) is 0.0583. The molecule has 25 nitrogen and oxygen atoms in total. The van der Waals surface area contributed by atoms with Crippen molar-refractivity contribution in [2.75, 3.05) is 107 Å². The number of aromatic nitrogens is 4. The molecule has 4 aromatic heterocycles. The van der Waals surface area contributed by atoms with Crippen LogP contribution < -0.4 is 21.9 Å². The number of nitrogens with one attached hydrogen (secondary N) is 3. The van der Waals surface area contributed by atoms with E-state index in [1.165, 1.54) is 43.1 Å². The van der Waals surface area contributed by atoms with Crippen molar-refractivity contribution in [1.82, 2.24) is 64.9 Å². The number of carbonyl (C=O) groups excluding carboxylic acids is 7. The van der Waals surface area contributed by atoms with E-state index in [-0.39, 0.29) is 79.4 Å². The number of nitrogens with zero attached hydrogens (tertiary/aromatic N) is 10. The first kappa shape index (κ1) is 83.4. The number of rotatable bonds is 14. The van der Waals surface area contributed by atoms with Crippen LogP contribution in [0.15, 0.2) is 97.9 Å². The molecule has 5 N–H and O–H groups in total. The van der Waals surface area contributed by atoms with Gasteiger partial charge in [0.15, 0.2) is 0 Å². The van der Waals surface area contributed by atoms with Gasteiger partial charge in [0, 0.05) is 156 Å². The van der Waals surface area contributed by atoms with Gasteiger partial charge >= 0.3 is 11.9 Å². The molecular formula is C87H119FN14O11. The number of fused-ring (bicyclic) bond motifs is 12. The lowest BCUT2D eigenvalue weighted by Gasteiger charge is -2.38. The van der Waals surface area contributed by atoms with Gasteiger partial charge in [-0.05, 0) is 179 Å². The van der Waals surface area contributed by atoms with Crippen molar-refractivity contribution in [2.45, 2.75) is 183 Å². The van der Waals surface area contributed by atoms with Crippen molar-refractivity contribution in [3.8, 4) is 22.5 Å². The number of nitrogens with two attached hydrogens (primary N) is 1. The summed E-state index contributed by atoms with van der Waals surface area (Å²) in [6.45, 7) is 31.1.